The van der Waals surface area contributed by atoms with Crippen molar-refractivity contribution in [1.29, 1.82) is 0 Å². The van der Waals surface area contributed by atoms with E-state index in [0.29, 0.717) is 24.4 Å². The van der Waals surface area contributed by atoms with Crippen LogP contribution in [0.25, 0.3) is 0 Å². The zero-order valence-electron chi connectivity index (χ0n) is 17.0. The van der Waals surface area contributed by atoms with Crippen LogP contribution >= 0.6 is 11.6 Å². The third-order valence-electron chi connectivity index (χ3n) is 6.03. The second kappa shape index (κ2) is 9.28. The van der Waals surface area contributed by atoms with E-state index in [4.69, 9.17) is 23.1 Å². The molecule has 1 aromatic rings. The fourth-order valence-electron chi connectivity index (χ4n) is 4.18. The standard InChI is InChI=1S/C20H28ClFN6O2/c1-12-2-7-16(21)15(18(12)22)10-25-19-26-11-17(28(29)30)20(24,27-19)8-13-3-5-14(9-23)6-4-13/h2,7,11,13-14H,3-6,8-10,23-24H2,1H3,(H2,25,26,27). The van der Waals surface area contributed by atoms with Crippen LogP contribution in [0.2, 0.25) is 5.02 Å². The lowest BCUT2D eigenvalue weighted by Crippen LogP contribution is -2.64. The lowest BCUT2D eigenvalue weighted by molar-refractivity contribution is -0.437. The number of hydrogen-bond acceptors (Lipinski definition) is 5. The van der Waals surface area contributed by atoms with Crippen molar-refractivity contribution < 1.29 is 9.31 Å². The number of nitrogens with zero attached hydrogens (tertiary/aromatic N) is 2. The van der Waals surface area contributed by atoms with E-state index in [-0.39, 0.29) is 34.7 Å². The largest absolute Gasteiger partial charge is 0.330 e. The highest BCUT2D eigenvalue weighted by Crippen LogP contribution is 2.34. The minimum Gasteiger partial charge on any atom is -0.330 e. The van der Waals surface area contributed by atoms with Gasteiger partial charge in [0.05, 0.1) is 17.7 Å². The Balaban J connectivity index is 1.77. The molecule has 1 heterocycles. The SMILES string of the molecule is Cc1ccc(Cl)c(CN=C2NC=C([N+](=O)[O-])C(N)(CC3CCC(CN)CC3)N2)c1F. The van der Waals surface area contributed by atoms with E-state index in [2.05, 4.69) is 15.6 Å². The van der Waals surface area contributed by atoms with Crippen LogP contribution in [-0.4, -0.2) is 23.1 Å². The molecule has 0 amide bonds. The topological polar surface area (TPSA) is 132 Å². The number of nitro groups is 1. The van der Waals surface area contributed by atoms with Gasteiger partial charge < -0.3 is 16.4 Å². The Bertz CT molecular complexity index is 869. The van der Waals surface area contributed by atoms with Gasteiger partial charge in [0.15, 0.2) is 11.6 Å². The lowest BCUT2D eigenvalue weighted by Gasteiger charge is -2.37. The number of aliphatic imine (C=N–C) groups is 1. The van der Waals surface area contributed by atoms with E-state index in [0.717, 1.165) is 25.7 Å². The van der Waals surface area contributed by atoms with Crippen LogP contribution in [-0.2, 0) is 6.54 Å². The van der Waals surface area contributed by atoms with Gasteiger partial charge in [0, 0.05) is 10.6 Å². The summed E-state index contributed by atoms with van der Waals surface area (Å²) in [5.74, 6) is 0.583. The summed E-state index contributed by atoms with van der Waals surface area (Å²) in [6.07, 6.45) is 5.51. The Labute approximate surface area is 180 Å². The quantitative estimate of drug-likeness (QED) is 0.399. The minimum absolute atomic E-state index is 0.0268. The third kappa shape index (κ3) is 4.91. The van der Waals surface area contributed by atoms with E-state index in [1.54, 1.807) is 19.1 Å². The number of guanidine groups is 1. The lowest BCUT2D eigenvalue weighted by atomic mass is 9.77. The first-order chi connectivity index (χ1) is 14.2. The summed E-state index contributed by atoms with van der Waals surface area (Å²) in [4.78, 5) is 15.4. The van der Waals surface area contributed by atoms with E-state index < -0.39 is 16.4 Å². The maximum Gasteiger partial charge on any atom is 0.301 e. The molecular weight excluding hydrogens is 411 g/mol. The van der Waals surface area contributed by atoms with Gasteiger partial charge in [0.1, 0.15) is 5.82 Å². The normalized spacial score (nSPS) is 27.9. The van der Waals surface area contributed by atoms with E-state index >= 15 is 0 Å². The van der Waals surface area contributed by atoms with Gasteiger partial charge in [-0.25, -0.2) is 9.38 Å². The summed E-state index contributed by atoms with van der Waals surface area (Å²) >= 11 is 6.11. The smallest absolute Gasteiger partial charge is 0.301 e. The molecule has 0 bridgehead atoms. The van der Waals surface area contributed by atoms with E-state index in [1.807, 2.05) is 0 Å². The van der Waals surface area contributed by atoms with E-state index in [1.165, 1.54) is 6.20 Å². The number of nitrogens with one attached hydrogen (secondary N) is 2. The van der Waals surface area contributed by atoms with Crippen LogP contribution in [0.5, 0.6) is 0 Å². The first kappa shape index (κ1) is 22.5. The van der Waals surface area contributed by atoms with Crippen LogP contribution in [0.1, 0.15) is 43.2 Å². The van der Waals surface area contributed by atoms with Crippen molar-refractivity contribution in [3.05, 3.63) is 56.1 Å². The summed E-state index contributed by atoms with van der Waals surface area (Å²) in [5.41, 5.74) is 11.4. The maximum absolute atomic E-state index is 14.4. The van der Waals surface area contributed by atoms with Gasteiger partial charge in [-0.15, -0.1) is 0 Å². The zero-order chi connectivity index (χ0) is 21.9. The summed E-state index contributed by atoms with van der Waals surface area (Å²) in [6, 6.07) is 3.22. The molecule has 1 saturated carbocycles. The molecule has 10 heteroatoms. The van der Waals surface area contributed by atoms with E-state index in [9.17, 15) is 14.5 Å². The van der Waals surface area contributed by atoms with Gasteiger partial charge in [-0.05, 0) is 69.0 Å². The van der Waals surface area contributed by atoms with Gasteiger partial charge in [0.25, 0.3) is 0 Å². The highest BCUT2D eigenvalue weighted by atomic mass is 35.5. The van der Waals surface area contributed by atoms with Gasteiger partial charge in [0.2, 0.25) is 0 Å². The van der Waals surface area contributed by atoms with Crippen molar-refractivity contribution in [3.8, 4) is 0 Å². The van der Waals surface area contributed by atoms with Crippen LogP contribution in [0.15, 0.2) is 29.0 Å². The second-order valence-corrected chi connectivity index (χ2v) is 8.58. The molecule has 0 radical (unpaired) electrons. The van der Waals surface area contributed by atoms with Crippen LogP contribution in [0.3, 0.4) is 0 Å². The Morgan fingerprint density at radius 2 is 2.00 bits per heavy atom. The van der Waals surface area contributed by atoms with Gasteiger partial charge in [-0.1, -0.05) is 17.7 Å². The predicted molar refractivity (Wildman–Crippen MR) is 115 cm³/mol. The number of aryl methyl sites for hydroxylation is 1. The molecule has 164 valence electrons. The van der Waals surface area contributed by atoms with Gasteiger partial charge >= 0.3 is 5.70 Å². The average Bonchev–Trinajstić information content (AvgIpc) is 2.71. The van der Waals surface area contributed by atoms with Crippen LogP contribution in [0, 0.1) is 34.7 Å². The molecule has 1 aliphatic carbocycles. The summed E-state index contributed by atoms with van der Waals surface area (Å²) < 4.78 is 14.4. The summed E-state index contributed by atoms with van der Waals surface area (Å²) in [5, 5.41) is 17.6. The molecule has 0 aromatic heterocycles. The summed E-state index contributed by atoms with van der Waals surface area (Å²) in [7, 11) is 0. The van der Waals surface area contributed by atoms with Crippen LogP contribution < -0.4 is 22.1 Å². The third-order valence-corrected chi connectivity index (χ3v) is 6.38. The monoisotopic (exact) mass is 438 g/mol. The Morgan fingerprint density at radius 3 is 2.63 bits per heavy atom. The molecule has 6 N–H and O–H groups in total. The molecule has 1 aliphatic heterocycles. The molecule has 1 fully saturated rings. The Hall–Kier alpha value is -2.23. The Kier molecular flexibility index (Phi) is 6.95. The molecule has 2 aliphatic rings. The maximum atomic E-state index is 14.4. The fraction of sp³-hybridized carbons (Fsp3) is 0.550. The zero-order valence-corrected chi connectivity index (χ0v) is 17.7. The molecule has 0 spiro atoms. The van der Waals surface area contributed by atoms with Gasteiger partial charge in [-0.3, -0.25) is 15.8 Å². The molecule has 30 heavy (non-hydrogen) atoms. The molecule has 0 saturated heterocycles. The number of benzene rings is 1. The molecule has 3 rings (SSSR count). The average molecular weight is 439 g/mol. The van der Waals surface area contributed by atoms with Crippen molar-refractivity contribution in [1.82, 2.24) is 10.6 Å². The van der Waals surface area contributed by atoms with Crippen LogP contribution in [0.4, 0.5) is 4.39 Å². The second-order valence-electron chi connectivity index (χ2n) is 8.18. The predicted octanol–water partition coefficient (Wildman–Crippen LogP) is 2.76. The molecule has 1 unspecified atom stereocenters. The fourth-order valence-corrected chi connectivity index (χ4v) is 4.38. The first-order valence-electron chi connectivity index (χ1n) is 10.1. The number of rotatable bonds is 6. The highest BCUT2D eigenvalue weighted by Gasteiger charge is 2.44. The first-order valence-corrected chi connectivity index (χ1v) is 10.5. The highest BCUT2D eigenvalue weighted by molar-refractivity contribution is 6.31. The number of halogens is 2. The molecule has 1 atom stereocenters. The number of nitrogens with two attached hydrogens (primary N) is 2. The van der Waals surface area contributed by atoms with Crippen molar-refractivity contribution in [2.75, 3.05) is 6.54 Å². The molecule has 1 aromatic carbocycles. The minimum atomic E-state index is -1.37. The van der Waals surface area contributed by atoms with Gasteiger partial charge in [-0.2, -0.15) is 0 Å². The van der Waals surface area contributed by atoms with Crippen molar-refractivity contribution in [2.45, 2.75) is 51.2 Å². The summed E-state index contributed by atoms with van der Waals surface area (Å²) in [6.45, 7) is 2.29. The van der Waals surface area contributed by atoms with Crippen molar-refractivity contribution in [3.63, 3.8) is 0 Å². The Morgan fingerprint density at radius 1 is 1.33 bits per heavy atom. The van der Waals surface area contributed by atoms with Crippen molar-refractivity contribution in [2.24, 2.45) is 28.3 Å². The van der Waals surface area contributed by atoms with Crippen molar-refractivity contribution >= 4 is 17.6 Å². The molecule has 8 nitrogen and oxygen atoms in total. The molecular formula is C20H28ClFN6O2. The number of hydrogen-bond donors (Lipinski definition) is 4.